The molecule has 14 heteroatoms. The summed E-state index contributed by atoms with van der Waals surface area (Å²) >= 11 is 0. The molecule has 0 atom stereocenters. The number of carbonyl (C=O) groups excluding carboxylic acids is 2. The zero-order valence-corrected chi connectivity index (χ0v) is 18.6. The van der Waals surface area contributed by atoms with Gasteiger partial charge in [-0.05, 0) is 0 Å². The van der Waals surface area contributed by atoms with Crippen LogP contribution in [0.25, 0.3) is 5.69 Å². The molecule has 0 N–H and O–H groups in total. The fourth-order valence-electron chi connectivity index (χ4n) is 3.17. The fourth-order valence-corrected chi connectivity index (χ4v) is 3.17. The summed E-state index contributed by atoms with van der Waals surface area (Å²) in [7, 11) is -1.36. The van der Waals surface area contributed by atoms with Crippen LogP contribution in [0.1, 0.15) is 32.1 Å². The molecule has 3 aromatic rings. The highest BCUT2D eigenvalue weighted by atomic mass is 32.2. The lowest BCUT2D eigenvalue weighted by molar-refractivity contribution is -0.733. The topological polar surface area (TPSA) is 132 Å². The number of aromatic nitrogens is 3. The molecule has 0 bridgehead atoms. The first-order valence-corrected chi connectivity index (χ1v) is 10.6. The van der Waals surface area contributed by atoms with Gasteiger partial charge in [-0.2, -0.15) is 13.2 Å². The number of alkyl halides is 3. The Morgan fingerprint density at radius 3 is 1.88 bits per heavy atom. The monoisotopic (exact) mass is 499 g/mol. The van der Waals surface area contributed by atoms with E-state index in [0.29, 0.717) is 28.3 Å². The Hall–Kier alpha value is -3.78. The molecule has 0 aliphatic heterocycles. The number of hydrogen-bond acceptors (Lipinski definition) is 8. The van der Waals surface area contributed by atoms with Gasteiger partial charge < -0.3 is 14.0 Å². The van der Waals surface area contributed by atoms with Crippen molar-refractivity contribution < 1.29 is 49.9 Å². The second-order valence-electron chi connectivity index (χ2n) is 6.80. The van der Waals surface area contributed by atoms with E-state index in [2.05, 4.69) is 5.21 Å². The van der Waals surface area contributed by atoms with Crippen molar-refractivity contribution in [3.63, 3.8) is 0 Å². The number of hydrogen-bond donors (Lipinski definition) is 0. The van der Waals surface area contributed by atoms with Crippen LogP contribution in [0.4, 0.5) is 13.2 Å². The van der Waals surface area contributed by atoms with Crippen LogP contribution < -0.4 is 14.2 Å². The minimum Gasteiger partial charge on any atom is -0.741 e. The first-order chi connectivity index (χ1) is 15.8. The number of ether oxygens (including phenoxy) is 2. The number of methoxy groups -OCH3 is 2. The van der Waals surface area contributed by atoms with Gasteiger partial charge in [-0.3, -0.25) is 9.59 Å². The Labute approximate surface area is 190 Å². The number of halogens is 3. The van der Waals surface area contributed by atoms with Crippen molar-refractivity contribution in [2.75, 3.05) is 14.2 Å². The van der Waals surface area contributed by atoms with Gasteiger partial charge >= 0.3 is 5.51 Å². The Morgan fingerprint density at radius 2 is 1.44 bits per heavy atom. The van der Waals surface area contributed by atoms with E-state index in [1.807, 2.05) is 0 Å². The Bertz CT molecular complexity index is 1380. The van der Waals surface area contributed by atoms with Crippen LogP contribution in [0.15, 0.2) is 42.5 Å². The summed E-state index contributed by atoms with van der Waals surface area (Å²) in [6, 6.07) is 12.0. The first kappa shape index (κ1) is 24.9. The average Bonchev–Trinajstić information content (AvgIpc) is 3.13. The van der Waals surface area contributed by atoms with Crippen LogP contribution in [-0.2, 0) is 17.2 Å². The van der Waals surface area contributed by atoms with Crippen molar-refractivity contribution >= 4 is 21.7 Å². The summed E-state index contributed by atoms with van der Waals surface area (Å²) in [6.07, 6.45) is 0. The summed E-state index contributed by atoms with van der Waals surface area (Å²) in [5, 5.41) is 4.38. The van der Waals surface area contributed by atoms with E-state index in [4.69, 9.17) is 22.4 Å². The maximum Gasteiger partial charge on any atom is 0.485 e. The maximum absolute atomic E-state index is 13.1. The van der Waals surface area contributed by atoms with Crippen LogP contribution in [-0.4, -0.2) is 54.2 Å². The molecule has 1 aliphatic rings. The lowest BCUT2D eigenvalue weighted by Gasteiger charge is -2.11. The summed E-state index contributed by atoms with van der Waals surface area (Å²) in [5.41, 5.74) is -3.82. The lowest BCUT2D eigenvalue weighted by Crippen LogP contribution is -2.39. The van der Waals surface area contributed by atoms with Gasteiger partial charge in [0.25, 0.3) is 5.69 Å². The highest BCUT2D eigenvalue weighted by Crippen LogP contribution is 2.29. The summed E-state index contributed by atoms with van der Waals surface area (Å²) in [5.74, 6) is 0.645. The molecule has 1 heterocycles. The molecule has 0 fully saturated rings. The highest BCUT2D eigenvalue weighted by molar-refractivity contribution is 7.86. The normalized spacial score (nSPS) is 12.9. The molecule has 180 valence electrons. The third-order valence-corrected chi connectivity index (χ3v) is 5.26. The van der Waals surface area contributed by atoms with Crippen LogP contribution in [0.3, 0.4) is 0 Å². The Balaban J connectivity index is 0.000000350. The minimum absolute atomic E-state index is 0.223. The standard InChI is InChI=1S/C19H16N3O4.CHF3O3S/c1-21-16-17(19(24)15-7-5-4-6-14(15)18(16)23)22(20-21)11-8-12(25-2)10-13(9-11)26-3;2-1(3,4)8(5,6)7/h4-10H,1-3H3;(H,5,6,7)/q+1;/p-1. The molecule has 0 spiro atoms. The molecular formula is C20H16F3N3O7S. The minimum atomic E-state index is -6.09. The van der Waals surface area contributed by atoms with Crippen molar-refractivity contribution in [2.45, 2.75) is 5.51 Å². The largest absolute Gasteiger partial charge is 0.741 e. The molecule has 10 nitrogen and oxygen atoms in total. The number of benzene rings is 2. The number of fused-ring (bicyclic) bond motifs is 2. The van der Waals surface area contributed by atoms with Gasteiger partial charge in [0.05, 0.1) is 19.4 Å². The van der Waals surface area contributed by atoms with Crippen LogP contribution >= 0.6 is 0 Å². The van der Waals surface area contributed by atoms with E-state index < -0.39 is 15.6 Å². The predicted molar refractivity (Wildman–Crippen MR) is 107 cm³/mol. The molecule has 4 rings (SSSR count). The lowest BCUT2D eigenvalue weighted by atomic mass is 9.90. The molecule has 1 aromatic heterocycles. The maximum atomic E-state index is 13.1. The van der Waals surface area contributed by atoms with Crippen molar-refractivity contribution in [3.05, 3.63) is 65.0 Å². The quantitative estimate of drug-likeness (QED) is 0.236. The molecule has 0 unspecified atom stereocenters. The van der Waals surface area contributed by atoms with Crippen molar-refractivity contribution in [1.82, 2.24) is 9.90 Å². The summed E-state index contributed by atoms with van der Waals surface area (Å²) < 4.78 is 72.4. The first-order valence-electron chi connectivity index (χ1n) is 9.23. The number of ketones is 2. The second kappa shape index (κ2) is 8.87. The van der Waals surface area contributed by atoms with Gasteiger partial charge in [-0.15, -0.1) is 4.68 Å². The molecular weight excluding hydrogens is 483 g/mol. The van der Waals surface area contributed by atoms with E-state index in [-0.39, 0.29) is 23.0 Å². The van der Waals surface area contributed by atoms with Gasteiger partial charge in [-0.1, -0.05) is 28.9 Å². The highest BCUT2D eigenvalue weighted by Gasteiger charge is 2.42. The van der Waals surface area contributed by atoms with Crippen LogP contribution in [0, 0.1) is 0 Å². The third-order valence-electron chi connectivity index (χ3n) is 4.69. The van der Waals surface area contributed by atoms with E-state index in [1.165, 1.54) is 9.36 Å². The van der Waals surface area contributed by atoms with Crippen molar-refractivity contribution in [2.24, 2.45) is 7.05 Å². The van der Waals surface area contributed by atoms with Gasteiger partial charge in [0.2, 0.25) is 17.3 Å². The van der Waals surface area contributed by atoms with Crippen molar-refractivity contribution in [3.8, 4) is 17.2 Å². The molecule has 0 saturated carbocycles. The zero-order valence-electron chi connectivity index (χ0n) is 17.8. The van der Waals surface area contributed by atoms with Crippen LogP contribution in [0.2, 0.25) is 0 Å². The number of aryl methyl sites for hydroxylation is 1. The van der Waals surface area contributed by atoms with E-state index >= 15 is 0 Å². The van der Waals surface area contributed by atoms with E-state index in [0.717, 1.165) is 0 Å². The average molecular weight is 499 g/mol. The third kappa shape index (κ3) is 4.49. The molecule has 0 saturated heterocycles. The zero-order chi connectivity index (χ0) is 25.4. The van der Waals surface area contributed by atoms with Gasteiger partial charge in [0, 0.05) is 29.3 Å². The molecule has 1 aliphatic carbocycles. The van der Waals surface area contributed by atoms with Gasteiger partial charge in [-0.25, -0.2) is 8.42 Å². The second-order valence-corrected chi connectivity index (χ2v) is 8.17. The summed E-state index contributed by atoms with van der Waals surface area (Å²) in [6.45, 7) is 0. The van der Waals surface area contributed by atoms with E-state index in [1.54, 1.807) is 63.7 Å². The van der Waals surface area contributed by atoms with Gasteiger partial charge in [0.1, 0.15) is 18.5 Å². The number of carbonyl (C=O) groups is 2. The molecule has 0 radical (unpaired) electrons. The number of nitrogens with zero attached hydrogens (tertiary/aromatic N) is 3. The van der Waals surface area contributed by atoms with Crippen LogP contribution in [0.5, 0.6) is 11.5 Å². The molecule has 34 heavy (non-hydrogen) atoms. The molecule has 0 amide bonds. The number of rotatable bonds is 3. The Kier molecular flexibility index (Phi) is 6.48. The fraction of sp³-hybridized carbons (Fsp3) is 0.200. The Morgan fingerprint density at radius 1 is 0.971 bits per heavy atom. The SMILES string of the molecule is COc1cc(OC)cc(-n2n[n+](C)c3c2C(=O)c2ccccc2C3=O)c1.O=S(=O)([O-])C(F)(F)F. The smallest absolute Gasteiger partial charge is 0.485 e. The summed E-state index contributed by atoms with van der Waals surface area (Å²) in [4.78, 5) is 26.0. The van der Waals surface area contributed by atoms with Crippen molar-refractivity contribution in [1.29, 1.82) is 0 Å². The van der Waals surface area contributed by atoms with Gasteiger partial charge in [0.15, 0.2) is 15.8 Å². The van der Waals surface area contributed by atoms with E-state index in [9.17, 15) is 22.8 Å². The molecule has 2 aromatic carbocycles. The predicted octanol–water partition coefficient (Wildman–Crippen LogP) is 1.54.